The van der Waals surface area contributed by atoms with Crippen molar-refractivity contribution in [1.29, 1.82) is 5.26 Å². The Morgan fingerprint density at radius 1 is 1.21 bits per heavy atom. The first-order chi connectivity index (χ1) is 13.9. The summed E-state index contributed by atoms with van der Waals surface area (Å²) in [6, 6.07) is 16.1. The predicted octanol–water partition coefficient (Wildman–Crippen LogP) is 4.21. The highest BCUT2D eigenvalue weighted by atomic mass is 79.9. The van der Waals surface area contributed by atoms with Crippen molar-refractivity contribution in [2.45, 2.75) is 12.2 Å². The Kier molecular flexibility index (Phi) is 5.05. The van der Waals surface area contributed by atoms with Crippen LogP contribution in [0.1, 0.15) is 22.3 Å². The van der Waals surface area contributed by atoms with Gasteiger partial charge in [-0.3, -0.25) is 9.98 Å². The Bertz CT molecular complexity index is 1210. The van der Waals surface area contributed by atoms with Gasteiger partial charge in [-0.25, -0.2) is 0 Å². The van der Waals surface area contributed by atoms with E-state index in [4.69, 9.17) is 5.73 Å². The summed E-state index contributed by atoms with van der Waals surface area (Å²) in [5.74, 6) is 0. The molecule has 2 heterocycles. The van der Waals surface area contributed by atoms with Crippen molar-refractivity contribution in [3.05, 3.63) is 81.5 Å². The number of aromatic nitrogens is 1. The molecule has 0 bridgehead atoms. The number of nitrogens with zero attached hydrogens (tertiary/aromatic N) is 4. The zero-order valence-electron chi connectivity index (χ0n) is 16.2. The van der Waals surface area contributed by atoms with Gasteiger partial charge in [0.1, 0.15) is 6.07 Å². The second-order valence-corrected chi connectivity index (χ2v) is 8.39. The van der Waals surface area contributed by atoms with Crippen molar-refractivity contribution in [3.8, 4) is 6.07 Å². The average molecular weight is 446 g/mol. The maximum absolute atomic E-state index is 9.27. The van der Waals surface area contributed by atoms with E-state index in [1.165, 1.54) is 0 Å². The van der Waals surface area contributed by atoms with Gasteiger partial charge in [0.05, 0.1) is 11.1 Å². The lowest BCUT2D eigenvalue weighted by atomic mass is 9.94. The van der Waals surface area contributed by atoms with E-state index in [0.29, 0.717) is 12.1 Å². The first kappa shape index (κ1) is 19.5. The molecule has 5 nitrogen and oxygen atoms in total. The Hall–Kier alpha value is -2.85. The Labute approximate surface area is 178 Å². The summed E-state index contributed by atoms with van der Waals surface area (Å²) < 4.78 is 1.01. The minimum absolute atomic E-state index is 0.525. The molecule has 1 aliphatic heterocycles. The van der Waals surface area contributed by atoms with Crippen molar-refractivity contribution in [3.63, 3.8) is 0 Å². The zero-order valence-corrected chi connectivity index (χ0v) is 17.8. The molecule has 4 rings (SSSR count). The van der Waals surface area contributed by atoms with Crippen LogP contribution in [0.5, 0.6) is 0 Å². The highest BCUT2D eigenvalue weighted by Crippen LogP contribution is 2.34. The fraction of sp³-hybridized carbons (Fsp3) is 0.174. The van der Waals surface area contributed by atoms with E-state index in [2.05, 4.69) is 42.9 Å². The molecule has 6 heteroatoms. The van der Waals surface area contributed by atoms with Gasteiger partial charge in [-0.2, -0.15) is 5.26 Å². The van der Waals surface area contributed by atoms with Crippen LogP contribution in [0.15, 0.2) is 64.2 Å². The van der Waals surface area contributed by atoms with E-state index in [1.807, 2.05) is 62.8 Å². The highest BCUT2D eigenvalue weighted by molar-refractivity contribution is 9.10. The van der Waals surface area contributed by atoms with Crippen molar-refractivity contribution < 1.29 is 0 Å². The van der Waals surface area contributed by atoms with Crippen molar-refractivity contribution in [2.24, 2.45) is 10.7 Å². The van der Waals surface area contributed by atoms with E-state index in [0.717, 1.165) is 37.6 Å². The van der Waals surface area contributed by atoms with Gasteiger partial charge in [0.25, 0.3) is 0 Å². The van der Waals surface area contributed by atoms with Crippen LogP contribution in [-0.2, 0) is 12.2 Å². The normalized spacial score (nSPS) is 18.3. The fourth-order valence-electron chi connectivity index (χ4n) is 3.55. The van der Waals surface area contributed by atoms with Crippen LogP contribution in [0.25, 0.3) is 16.5 Å². The van der Waals surface area contributed by atoms with Crippen molar-refractivity contribution in [2.75, 3.05) is 14.1 Å². The SMILES string of the molecule is CN(C)Cc1cc(C2(N)C=C(c3cccc(Br)c3)C=N2)cc2cc(C#N)cnc12. The van der Waals surface area contributed by atoms with E-state index >= 15 is 0 Å². The first-order valence-electron chi connectivity index (χ1n) is 9.19. The predicted molar refractivity (Wildman–Crippen MR) is 120 cm³/mol. The number of nitrogens with two attached hydrogens (primary N) is 1. The molecule has 0 fully saturated rings. The van der Waals surface area contributed by atoms with Crippen LogP contribution >= 0.6 is 15.9 Å². The largest absolute Gasteiger partial charge is 0.305 e. The fourth-order valence-corrected chi connectivity index (χ4v) is 3.95. The summed E-state index contributed by atoms with van der Waals surface area (Å²) in [6.07, 6.45) is 5.41. The van der Waals surface area contributed by atoms with Gasteiger partial charge in [-0.15, -0.1) is 0 Å². The third-order valence-corrected chi connectivity index (χ3v) is 5.38. The summed E-state index contributed by atoms with van der Waals surface area (Å²) in [6.45, 7) is 0.714. The molecule has 1 aromatic heterocycles. The van der Waals surface area contributed by atoms with Gasteiger partial charge in [0.15, 0.2) is 5.66 Å². The minimum Gasteiger partial charge on any atom is -0.305 e. The molecule has 0 aliphatic carbocycles. The first-order valence-corrected chi connectivity index (χ1v) is 9.98. The number of hydrogen-bond donors (Lipinski definition) is 1. The highest BCUT2D eigenvalue weighted by Gasteiger charge is 2.29. The van der Waals surface area contributed by atoms with Crippen LogP contribution in [-0.4, -0.2) is 30.2 Å². The van der Waals surface area contributed by atoms with Gasteiger partial charge in [-0.1, -0.05) is 28.1 Å². The molecular formula is C23H20BrN5. The molecule has 0 saturated carbocycles. The molecule has 1 unspecified atom stereocenters. The number of rotatable bonds is 4. The zero-order chi connectivity index (χ0) is 20.6. The third-order valence-electron chi connectivity index (χ3n) is 4.89. The van der Waals surface area contributed by atoms with E-state index in [-0.39, 0.29) is 0 Å². The van der Waals surface area contributed by atoms with Gasteiger partial charge in [0.2, 0.25) is 0 Å². The van der Waals surface area contributed by atoms with E-state index in [1.54, 1.807) is 6.20 Å². The molecule has 2 aromatic carbocycles. The van der Waals surface area contributed by atoms with Gasteiger partial charge < -0.3 is 10.6 Å². The number of pyridine rings is 1. The Morgan fingerprint density at radius 2 is 2.03 bits per heavy atom. The second-order valence-electron chi connectivity index (χ2n) is 7.47. The van der Waals surface area contributed by atoms with Crippen LogP contribution in [0.2, 0.25) is 0 Å². The lowest BCUT2D eigenvalue weighted by Crippen LogP contribution is -2.31. The number of nitriles is 1. The van der Waals surface area contributed by atoms with Gasteiger partial charge in [-0.05, 0) is 72.8 Å². The summed E-state index contributed by atoms with van der Waals surface area (Å²) in [4.78, 5) is 11.2. The van der Waals surface area contributed by atoms with Gasteiger partial charge >= 0.3 is 0 Å². The molecule has 0 radical (unpaired) electrons. The van der Waals surface area contributed by atoms with Crippen LogP contribution in [0, 0.1) is 11.3 Å². The molecule has 1 aliphatic rings. The molecule has 29 heavy (non-hydrogen) atoms. The third kappa shape index (κ3) is 3.85. The molecule has 0 saturated heterocycles. The quantitative estimate of drug-likeness (QED) is 0.652. The monoisotopic (exact) mass is 445 g/mol. The summed E-state index contributed by atoms with van der Waals surface area (Å²) in [5.41, 5.74) is 11.1. The molecule has 2 N–H and O–H groups in total. The number of fused-ring (bicyclic) bond motifs is 1. The maximum Gasteiger partial charge on any atom is 0.153 e. The molecule has 3 aromatic rings. The molecule has 0 amide bonds. The van der Waals surface area contributed by atoms with Crippen LogP contribution in [0.3, 0.4) is 0 Å². The number of aliphatic imine (C=N–C) groups is 1. The number of halogens is 1. The van der Waals surface area contributed by atoms with Crippen LogP contribution < -0.4 is 5.73 Å². The summed E-state index contributed by atoms with van der Waals surface area (Å²) in [5, 5.41) is 10.2. The number of benzene rings is 2. The lowest BCUT2D eigenvalue weighted by molar-refractivity contribution is 0.403. The topological polar surface area (TPSA) is 78.3 Å². The molecule has 144 valence electrons. The van der Waals surface area contributed by atoms with E-state index < -0.39 is 5.66 Å². The van der Waals surface area contributed by atoms with Crippen LogP contribution in [0.4, 0.5) is 0 Å². The molecular weight excluding hydrogens is 426 g/mol. The average Bonchev–Trinajstić information content (AvgIpc) is 3.10. The summed E-state index contributed by atoms with van der Waals surface area (Å²) in [7, 11) is 4.03. The maximum atomic E-state index is 9.27. The second kappa shape index (κ2) is 7.53. The van der Waals surface area contributed by atoms with Crippen molar-refractivity contribution in [1.82, 2.24) is 9.88 Å². The van der Waals surface area contributed by atoms with Gasteiger partial charge in [0, 0.05) is 28.8 Å². The number of hydrogen-bond acceptors (Lipinski definition) is 5. The van der Waals surface area contributed by atoms with E-state index in [9.17, 15) is 5.26 Å². The molecule has 1 atom stereocenters. The van der Waals surface area contributed by atoms with Crippen molar-refractivity contribution >= 4 is 38.6 Å². The summed E-state index contributed by atoms with van der Waals surface area (Å²) >= 11 is 3.51. The Balaban J connectivity index is 1.84. The smallest absolute Gasteiger partial charge is 0.153 e. The molecule has 0 spiro atoms. The standard InChI is InChI=1S/C23H20BrN5/c1-29(2)14-18-8-20(7-17-6-15(11-25)12-27-22(17)18)23(26)10-19(13-28-23)16-4-3-5-21(24)9-16/h3-10,12-13H,14,26H2,1-2H3. The Morgan fingerprint density at radius 3 is 2.76 bits per heavy atom. The number of allylic oxidation sites excluding steroid dienone is 1. The minimum atomic E-state index is -0.963. The lowest BCUT2D eigenvalue weighted by Gasteiger charge is -2.22.